The van der Waals surface area contributed by atoms with E-state index in [0.717, 1.165) is 5.56 Å². The van der Waals surface area contributed by atoms with Crippen LogP contribution >= 0.6 is 0 Å². The maximum absolute atomic E-state index is 11.7. The Bertz CT molecular complexity index is 839. The lowest BCUT2D eigenvalue weighted by Crippen LogP contribution is -2.42. The van der Waals surface area contributed by atoms with Crippen LogP contribution in [0.25, 0.3) is 21.5 Å². The molecular formula is C19H20N2O. The summed E-state index contributed by atoms with van der Waals surface area (Å²) in [6, 6.07) is 18.7. The number of rotatable bonds is 4. The van der Waals surface area contributed by atoms with Gasteiger partial charge in [-0.25, -0.2) is 0 Å². The summed E-state index contributed by atoms with van der Waals surface area (Å²) in [5.74, 6) is -0.289. The Morgan fingerprint density at radius 2 is 1.64 bits per heavy atom. The molecule has 22 heavy (non-hydrogen) atoms. The molecule has 0 aliphatic rings. The Morgan fingerprint density at radius 3 is 2.27 bits per heavy atom. The van der Waals surface area contributed by atoms with Crippen LogP contribution in [0, 0.1) is 0 Å². The van der Waals surface area contributed by atoms with Gasteiger partial charge in [0.05, 0.1) is 6.04 Å². The summed E-state index contributed by atoms with van der Waals surface area (Å²) in [5, 5.41) is 4.82. The second kappa shape index (κ2) is 5.78. The van der Waals surface area contributed by atoms with Gasteiger partial charge in [-0.3, -0.25) is 9.69 Å². The van der Waals surface area contributed by atoms with Crippen molar-refractivity contribution in [3.8, 4) is 0 Å². The van der Waals surface area contributed by atoms with E-state index in [4.69, 9.17) is 5.73 Å². The molecule has 0 saturated heterocycles. The highest BCUT2D eigenvalue weighted by Crippen LogP contribution is 2.26. The van der Waals surface area contributed by atoms with Crippen molar-refractivity contribution in [2.45, 2.75) is 12.5 Å². The molecule has 0 spiro atoms. The number of carbonyl (C=O) groups excluding carboxylic acids is 1. The minimum atomic E-state index is -0.294. The van der Waals surface area contributed by atoms with Gasteiger partial charge in [0.25, 0.3) is 0 Å². The van der Waals surface area contributed by atoms with Gasteiger partial charge in [-0.15, -0.1) is 0 Å². The number of hydrogen-bond donors (Lipinski definition) is 1. The number of likely N-dealkylation sites (N-methyl/N-ethyl adjacent to an activating group) is 1. The molecule has 0 fully saturated rings. The second-order valence-corrected chi connectivity index (χ2v) is 5.92. The fourth-order valence-electron chi connectivity index (χ4n) is 2.96. The van der Waals surface area contributed by atoms with E-state index in [1.807, 2.05) is 37.2 Å². The number of nitrogens with zero attached hydrogens (tertiary/aromatic N) is 1. The van der Waals surface area contributed by atoms with Crippen molar-refractivity contribution in [3.05, 3.63) is 60.2 Å². The second-order valence-electron chi connectivity index (χ2n) is 5.92. The average molecular weight is 292 g/mol. The minimum Gasteiger partial charge on any atom is -0.368 e. The Hall–Kier alpha value is -2.39. The third-order valence-corrected chi connectivity index (χ3v) is 4.20. The molecule has 1 atom stereocenters. The fraction of sp³-hybridized carbons (Fsp3) is 0.211. The summed E-state index contributed by atoms with van der Waals surface area (Å²) in [5.41, 5.74) is 6.69. The number of primary amides is 1. The molecule has 1 amide bonds. The smallest absolute Gasteiger partial charge is 0.235 e. The summed E-state index contributed by atoms with van der Waals surface area (Å²) in [6.07, 6.45) is 0.623. The highest BCUT2D eigenvalue weighted by Gasteiger charge is 2.19. The van der Waals surface area contributed by atoms with Gasteiger partial charge in [-0.05, 0) is 59.8 Å². The Kier molecular flexibility index (Phi) is 3.82. The Labute approximate surface area is 130 Å². The molecule has 1 unspecified atom stereocenters. The SMILES string of the molecule is CN(C)C(Cc1cccc2cc3ccccc3cc12)C(N)=O. The van der Waals surface area contributed by atoms with Crippen molar-refractivity contribution in [1.29, 1.82) is 0 Å². The first-order valence-electron chi connectivity index (χ1n) is 7.42. The molecule has 3 nitrogen and oxygen atoms in total. The normalized spacial score (nSPS) is 12.9. The van der Waals surface area contributed by atoms with Crippen LogP contribution in [0.4, 0.5) is 0 Å². The lowest BCUT2D eigenvalue weighted by atomic mass is 9.95. The molecular weight excluding hydrogens is 272 g/mol. The van der Waals surface area contributed by atoms with Crippen LogP contribution in [-0.4, -0.2) is 30.9 Å². The van der Waals surface area contributed by atoms with Gasteiger partial charge >= 0.3 is 0 Å². The molecule has 0 bridgehead atoms. The predicted molar refractivity (Wildman–Crippen MR) is 91.8 cm³/mol. The monoisotopic (exact) mass is 292 g/mol. The molecule has 0 heterocycles. The molecule has 2 N–H and O–H groups in total. The summed E-state index contributed by atoms with van der Waals surface area (Å²) >= 11 is 0. The fourth-order valence-corrected chi connectivity index (χ4v) is 2.96. The van der Waals surface area contributed by atoms with Crippen LogP contribution < -0.4 is 5.73 Å². The first-order chi connectivity index (χ1) is 10.6. The van der Waals surface area contributed by atoms with E-state index in [0.29, 0.717) is 6.42 Å². The molecule has 112 valence electrons. The molecule has 0 aliphatic heterocycles. The maximum Gasteiger partial charge on any atom is 0.235 e. The van der Waals surface area contributed by atoms with Crippen LogP contribution in [0.15, 0.2) is 54.6 Å². The summed E-state index contributed by atoms with van der Waals surface area (Å²) in [6.45, 7) is 0. The van der Waals surface area contributed by atoms with Crippen molar-refractivity contribution in [2.24, 2.45) is 5.73 Å². The van der Waals surface area contributed by atoms with E-state index in [1.54, 1.807) is 0 Å². The number of amides is 1. The van der Waals surface area contributed by atoms with Crippen LogP contribution in [0.5, 0.6) is 0 Å². The number of nitrogens with two attached hydrogens (primary N) is 1. The van der Waals surface area contributed by atoms with Crippen molar-refractivity contribution in [3.63, 3.8) is 0 Å². The van der Waals surface area contributed by atoms with Gasteiger partial charge in [-0.2, -0.15) is 0 Å². The van der Waals surface area contributed by atoms with Gasteiger partial charge in [0.1, 0.15) is 0 Å². The van der Waals surface area contributed by atoms with Gasteiger partial charge in [0, 0.05) is 0 Å². The Morgan fingerprint density at radius 1 is 1.00 bits per heavy atom. The van der Waals surface area contributed by atoms with Crippen molar-refractivity contribution in [2.75, 3.05) is 14.1 Å². The van der Waals surface area contributed by atoms with Crippen LogP contribution in [0.1, 0.15) is 5.56 Å². The van der Waals surface area contributed by atoms with Gasteiger partial charge in [-0.1, -0.05) is 42.5 Å². The first kappa shape index (κ1) is 14.5. The third-order valence-electron chi connectivity index (χ3n) is 4.20. The topological polar surface area (TPSA) is 46.3 Å². The highest BCUT2D eigenvalue weighted by atomic mass is 16.1. The van der Waals surface area contributed by atoms with E-state index in [-0.39, 0.29) is 11.9 Å². The maximum atomic E-state index is 11.7. The molecule has 3 aromatic rings. The van der Waals surface area contributed by atoms with Crippen molar-refractivity contribution in [1.82, 2.24) is 4.90 Å². The van der Waals surface area contributed by atoms with Gasteiger partial charge in [0.2, 0.25) is 5.91 Å². The van der Waals surface area contributed by atoms with Crippen molar-refractivity contribution < 1.29 is 4.79 Å². The molecule has 3 rings (SSSR count). The predicted octanol–water partition coefficient (Wildman–Crippen LogP) is 2.95. The number of carbonyl (C=O) groups is 1. The van der Waals surface area contributed by atoms with Gasteiger partial charge in [0.15, 0.2) is 0 Å². The van der Waals surface area contributed by atoms with Gasteiger partial charge < -0.3 is 5.73 Å². The quantitative estimate of drug-likeness (QED) is 0.752. The summed E-state index contributed by atoms with van der Waals surface area (Å²) in [7, 11) is 3.77. The van der Waals surface area contributed by atoms with E-state index in [2.05, 4.69) is 36.4 Å². The Balaban J connectivity index is 2.13. The summed E-state index contributed by atoms with van der Waals surface area (Å²) in [4.78, 5) is 13.6. The molecule has 3 heteroatoms. The first-order valence-corrected chi connectivity index (χ1v) is 7.42. The number of hydrogen-bond acceptors (Lipinski definition) is 2. The zero-order chi connectivity index (χ0) is 15.7. The molecule has 0 radical (unpaired) electrons. The largest absolute Gasteiger partial charge is 0.368 e. The average Bonchev–Trinajstić information content (AvgIpc) is 2.50. The lowest BCUT2D eigenvalue weighted by Gasteiger charge is -2.21. The number of fused-ring (bicyclic) bond motifs is 2. The summed E-state index contributed by atoms with van der Waals surface area (Å²) < 4.78 is 0. The van der Waals surface area contributed by atoms with Crippen LogP contribution in [0.3, 0.4) is 0 Å². The standard InChI is InChI=1S/C19H20N2O/c1-21(2)18(19(20)22)12-16-9-5-8-15-10-13-6-3-4-7-14(13)11-17(15)16/h3-11,18H,12H2,1-2H3,(H2,20,22). The van der Waals surface area contributed by atoms with Crippen LogP contribution in [-0.2, 0) is 11.2 Å². The third kappa shape index (κ3) is 2.68. The van der Waals surface area contributed by atoms with Crippen LogP contribution in [0.2, 0.25) is 0 Å². The van der Waals surface area contributed by atoms with E-state index in [1.165, 1.54) is 21.5 Å². The van der Waals surface area contributed by atoms with E-state index >= 15 is 0 Å². The molecule has 0 aromatic heterocycles. The molecule has 3 aromatic carbocycles. The molecule has 0 aliphatic carbocycles. The van der Waals surface area contributed by atoms with Crippen molar-refractivity contribution >= 4 is 27.5 Å². The minimum absolute atomic E-state index is 0.289. The molecule has 0 saturated carbocycles. The van der Waals surface area contributed by atoms with E-state index in [9.17, 15) is 4.79 Å². The zero-order valence-corrected chi connectivity index (χ0v) is 12.9. The lowest BCUT2D eigenvalue weighted by molar-refractivity contribution is -0.122. The zero-order valence-electron chi connectivity index (χ0n) is 12.9. The van der Waals surface area contributed by atoms with E-state index < -0.39 is 0 Å². The number of benzene rings is 3. The highest BCUT2D eigenvalue weighted by molar-refractivity contribution is 5.99.